The molecule has 0 bridgehead atoms. The number of amides is 2. The van der Waals surface area contributed by atoms with Crippen molar-refractivity contribution >= 4 is 33.4 Å². The third-order valence-electron chi connectivity index (χ3n) is 4.10. The number of rotatable bonds is 10. The largest absolute Gasteiger partial charge is 0.352 e. The van der Waals surface area contributed by atoms with Gasteiger partial charge in [-0.25, -0.2) is 17.5 Å². The molecule has 0 radical (unpaired) electrons. The molecule has 2 rings (SSSR count). The zero-order chi connectivity index (χ0) is 23.0. The van der Waals surface area contributed by atoms with E-state index in [9.17, 15) is 22.4 Å². The Labute approximate surface area is 186 Å². The Morgan fingerprint density at radius 1 is 1.03 bits per heavy atom. The van der Waals surface area contributed by atoms with Crippen LogP contribution in [0.4, 0.5) is 4.39 Å². The second-order valence-corrected chi connectivity index (χ2v) is 9.42. The molecule has 0 saturated carbocycles. The van der Waals surface area contributed by atoms with Crippen molar-refractivity contribution in [3.8, 4) is 0 Å². The molecule has 2 aromatic rings. The quantitative estimate of drug-likeness (QED) is 0.497. The van der Waals surface area contributed by atoms with Crippen molar-refractivity contribution in [2.24, 2.45) is 0 Å². The number of carbonyl (C=O) groups excluding carboxylic acids is 2. The minimum Gasteiger partial charge on any atom is -0.352 e. The number of sulfonamides is 1. The molecule has 0 saturated heterocycles. The van der Waals surface area contributed by atoms with Gasteiger partial charge in [0.1, 0.15) is 5.82 Å². The second-order valence-electron chi connectivity index (χ2n) is 7.25. The predicted molar refractivity (Wildman–Crippen MR) is 118 cm³/mol. The number of benzene rings is 2. The van der Waals surface area contributed by atoms with Crippen LogP contribution in [0, 0.1) is 5.82 Å². The lowest BCUT2D eigenvalue weighted by Crippen LogP contribution is -2.31. The maximum atomic E-state index is 13.0. The minimum atomic E-state index is -3.40. The Hall–Kier alpha value is -2.49. The van der Waals surface area contributed by atoms with Crippen LogP contribution in [0.3, 0.4) is 0 Å². The van der Waals surface area contributed by atoms with Crippen molar-refractivity contribution in [2.45, 2.75) is 38.6 Å². The number of carbonyl (C=O) groups is 2. The Bertz CT molecular complexity index is 1030. The summed E-state index contributed by atoms with van der Waals surface area (Å²) in [7, 11) is -3.40. The molecule has 0 unspecified atom stereocenters. The molecule has 3 N–H and O–H groups in total. The Morgan fingerprint density at radius 3 is 2.29 bits per heavy atom. The molecule has 7 nitrogen and oxygen atoms in total. The molecule has 0 fully saturated rings. The van der Waals surface area contributed by atoms with Gasteiger partial charge in [-0.2, -0.15) is 0 Å². The summed E-state index contributed by atoms with van der Waals surface area (Å²) in [5, 5.41) is 5.29. The van der Waals surface area contributed by atoms with E-state index < -0.39 is 21.7 Å². The summed E-state index contributed by atoms with van der Waals surface area (Å²) < 4.78 is 39.5. The summed E-state index contributed by atoms with van der Waals surface area (Å²) in [5.41, 5.74) is 1.59. The Kier molecular flexibility index (Phi) is 8.97. The van der Waals surface area contributed by atoms with Crippen LogP contribution in [0.2, 0.25) is 5.02 Å². The van der Waals surface area contributed by atoms with Gasteiger partial charge in [-0.1, -0.05) is 35.9 Å². The lowest BCUT2D eigenvalue weighted by Gasteiger charge is -2.10. The third kappa shape index (κ3) is 8.64. The smallest absolute Gasteiger partial charge is 0.252 e. The number of nitrogens with one attached hydrogen (secondary N) is 3. The van der Waals surface area contributed by atoms with Gasteiger partial charge < -0.3 is 10.6 Å². The van der Waals surface area contributed by atoms with Gasteiger partial charge in [0.15, 0.2) is 0 Å². The summed E-state index contributed by atoms with van der Waals surface area (Å²) in [6.45, 7) is 3.88. The van der Waals surface area contributed by atoms with Crippen molar-refractivity contribution < 1.29 is 22.4 Å². The van der Waals surface area contributed by atoms with Gasteiger partial charge in [0.2, 0.25) is 15.9 Å². The highest BCUT2D eigenvalue weighted by molar-refractivity contribution is 7.88. The average Bonchev–Trinajstić information content (AvgIpc) is 2.66. The van der Waals surface area contributed by atoms with Gasteiger partial charge in [-0.05, 0) is 43.2 Å². The van der Waals surface area contributed by atoms with Crippen molar-refractivity contribution in [3.63, 3.8) is 0 Å². The second kappa shape index (κ2) is 11.2. The molecule has 2 aromatic carbocycles. The highest BCUT2D eigenvalue weighted by Crippen LogP contribution is 2.17. The molecule has 0 spiro atoms. The third-order valence-corrected chi connectivity index (χ3v) is 5.95. The first kappa shape index (κ1) is 24.8. The summed E-state index contributed by atoms with van der Waals surface area (Å²) in [6, 6.07) is 10.2. The van der Waals surface area contributed by atoms with E-state index in [0.717, 1.165) is 17.7 Å². The molecule has 10 heteroatoms. The molecule has 168 valence electrons. The fraction of sp³-hybridized carbons (Fsp3) is 0.333. The monoisotopic (exact) mass is 469 g/mol. The van der Waals surface area contributed by atoms with Gasteiger partial charge in [-0.3, -0.25) is 9.59 Å². The molecule has 0 heterocycles. The molecule has 0 aliphatic rings. The van der Waals surface area contributed by atoms with Gasteiger partial charge in [0.05, 0.1) is 16.3 Å². The highest BCUT2D eigenvalue weighted by Gasteiger charge is 2.13. The summed E-state index contributed by atoms with van der Waals surface area (Å²) in [4.78, 5) is 24.0. The van der Waals surface area contributed by atoms with E-state index in [0.29, 0.717) is 5.56 Å². The van der Waals surface area contributed by atoms with Gasteiger partial charge in [0, 0.05) is 25.6 Å². The van der Waals surface area contributed by atoms with Crippen LogP contribution in [0.1, 0.15) is 41.8 Å². The van der Waals surface area contributed by atoms with Crippen LogP contribution in [-0.4, -0.2) is 32.8 Å². The van der Waals surface area contributed by atoms with E-state index >= 15 is 0 Å². The van der Waals surface area contributed by atoms with E-state index in [1.165, 1.54) is 6.07 Å². The zero-order valence-electron chi connectivity index (χ0n) is 17.2. The summed E-state index contributed by atoms with van der Waals surface area (Å²) in [5.74, 6) is -1.41. The van der Waals surface area contributed by atoms with E-state index in [4.69, 9.17) is 11.6 Å². The molecular formula is C21H25ClFN3O4S. The lowest BCUT2D eigenvalue weighted by molar-refractivity contribution is -0.121. The number of halogens is 2. The molecular weight excluding hydrogens is 445 g/mol. The summed E-state index contributed by atoms with van der Waals surface area (Å²) >= 11 is 5.83. The normalized spacial score (nSPS) is 11.4. The topological polar surface area (TPSA) is 104 Å². The van der Waals surface area contributed by atoms with Crippen molar-refractivity contribution in [1.29, 1.82) is 0 Å². The minimum absolute atomic E-state index is 0.00168. The van der Waals surface area contributed by atoms with Crippen LogP contribution in [-0.2, 0) is 27.1 Å². The molecule has 0 aliphatic carbocycles. The van der Waals surface area contributed by atoms with Crippen LogP contribution >= 0.6 is 11.6 Å². The maximum Gasteiger partial charge on any atom is 0.252 e. The van der Waals surface area contributed by atoms with E-state index in [2.05, 4.69) is 15.4 Å². The fourth-order valence-electron chi connectivity index (χ4n) is 2.72. The molecule has 0 aromatic heterocycles. The Balaban J connectivity index is 1.75. The molecule has 0 atom stereocenters. The van der Waals surface area contributed by atoms with Crippen molar-refractivity contribution in [2.75, 3.05) is 6.54 Å². The maximum absolute atomic E-state index is 13.0. The van der Waals surface area contributed by atoms with Gasteiger partial charge >= 0.3 is 0 Å². The van der Waals surface area contributed by atoms with Crippen LogP contribution in [0.5, 0.6) is 0 Å². The van der Waals surface area contributed by atoms with Crippen molar-refractivity contribution in [1.82, 2.24) is 15.4 Å². The first-order chi connectivity index (χ1) is 14.6. The molecule has 0 aliphatic heterocycles. The molecule has 2 amide bonds. The van der Waals surface area contributed by atoms with Crippen LogP contribution in [0.25, 0.3) is 0 Å². The molecule has 31 heavy (non-hydrogen) atoms. The first-order valence-electron chi connectivity index (χ1n) is 9.63. The van der Waals surface area contributed by atoms with Gasteiger partial charge in [-0.15, -0.1) is 0 Å². The van der Waals surface area contributed by atoms with Gasteiger partial charge in [0.25, 0.3) is 5.91 Å². The van der Waals surface area contributed by atoms with Crippen LogP contribution in [0.15, 0.2) is 42.5 Å². The fourth-order valence-corrected chi connectivity index (χ4v) is 4.41. The Morgan fingerprint density at radius 2 is 1.68 bits per heavy atom. The number of hydrogen-bond donors (Lipinski definition) is 3. The first-order valence-corrected chi connectivity index (χ1v) is 11.7. The van der Waals surface area contributed by atoms with Crippen molar-refractivity contribution in [3.05, 3.63) is 70.0 Å². The lowest BCUT2D eigenvalue weighted by atomic mass is 10.1. The zero-order valence-corrected chi connectivity index (χ0v) is 18.8. The van der Waals surface area contributed by atoms with Crippen LogP contribution < -0.4 is 15.4 Å². The van der Waals surface area contributed by atoms with E-state index in [1.54, 1.807) is 38.1 Å². The predicted octanol–water partition coefficient (Wildman–Crippen LogP) is 2.74. The summed E-state index contributed by atoms with van der Waals surface area (Å²) in [6.07, 6.45) is 0.0573. The van der Waals surface area contributed by atoms with E-state index in [-0.39, 0.29) is 47.8 Å². The average molecular weight is 470 g/mol. The highest BCUT2D eigenvalue weighted by atomic mass is 35.5. The SMILES string of the molecule is CC(C)NS(=O)(=O)Cc1ccc(CNC(=O)CCNC(=O)c2ccc(F)cc2Cl)cc1. The standard InChI is InChI=1S/C21H25ClFN3O4S/c1-14(2)26-31(29,30)13-16-5-3-15(4-6-16)12-25-20(27)9-10-24-21(28)18-8-7-17(23)11-19(18)22/h3-8,11,14,26H,9-10,12-13H2,1-2H3,(H,24,28)(H,25,27). The van der Waals surface area contributed by atoms with E-state index in [1.807, 2.05) is 0 Å². The number of hydrogen-bond acceptors (Lipinski definition) is 4.